The SMILES string of the molecule is CC(=O)NC1C(OC(C)=O)[C@H](OC(C)=O)C(COC(C)=O)O[C@H]1O[C@@H]1C(COC(C)=O)O[C@@H](N)C(NC(C)=O)C1OC(C)=O. The van der Waals surface area contributed by atoms with Gasteiger partial charge < -0.3 is 54.3 Å². The summed E-state index contributed by atoms with van der Waals surface area (Å²) in [5, 5.41) is 5.08. The van der Waals surface area contributed by atoms with Gasteiger partial charge in [0.05, 0.1) is 0 Å². The Hall–Kier alpha value is -3.87. The summed E-state index contributed by atoms with van der Waals surface area (Å²) in [6.07, 6.45) is -11.1. The minimum Gasteiger partial charge on any atom is -0.463 e. The molecule has 0 aromatic carbocycles. The van der Waals surface area contributed by atoms with Gasteiger partial charge in [-0.25, -0.2) is 0 Å². The molecule has 10 atom stereocenters. The van der Waals surface area contributed by atoms with Crippen LogP contribution in [0.1, 0.15) is 48.5 Å². The Bertz CT molecular complexity index is 1100. The first kappa shape index (κ1) is 36.3. The molecule has 0 bridgehead atoms. The van der Waals surface area contributed by atoms with Gasteiger partial charge in [0, 0.05) is 48.5 Å². The number of esters is 5. The van der Waals surface area contributed by atoms with Crippen LogP contribution in [0.3, 0.4) is 0 Å². The molecule has 44 heavy (non-hydrogen) atoms. The standard InChI is InChI=1S/C26H39N3O15/c1-10(30)28-19-23(40-15(6)35)22(17(42-25(19)27)8-37-12(3)32)44-26-20(29-11(2)31)24(41-16(7)36)21(39-14(5)34)18(43-26)9-38-13(4)33/h17-26H,8-9,27H2,1-7H3,(H,28,30)(H,29,31)/t17?,18?,19?,20?,21-,22-,23?,24?,25-,26+/m1/s1. The minimum atomic E-state index is -1.62. The number of hydrogen-bond donors (Lipinski definition) is 3. The van der Waals surface area contributed by atoms with Crippen molar-refractivity contribution in [3.05, 3.63) is 0 Å². The van der Waals surface area contributed by atoms with Crippen LogP contribution in [0.25, 0.3) is 0 Å². The van der Waals surface area contributed by atoms with Crippen molar-refractivity contribution in [3.63, 3.8) is 0 Å². The Labute approximate surface area is 252 Å². The van der Waals surface area contributed by atoms with E-state index in [1.54, 1.807) is 0 Å². The first-order valence-electron chi connectivity index (χ1n) is 13.5. The molecule has 2 saturated heterocycles. The van der Waals surface area contributed by atoms with E-state index in [0.717, 1.165) is 41.5 Å². The van der Waals surface area contributed by atoms with Crippen molar-refractivity contribution < 1.29 is 71.5 Å². The highest BCUT2D eigenvalue weighted by atomic mass is 16.7. The molecule has 0 spiro atoms. The number of carbonyl (C=O) groups excluding carboxylic acids is 7. The smallest absolute Gasteiger partial charge is 0.303 e. The second kappa shape index (κ2) is 16.3. The van der Waals surface area contributed by atoms with E-state index >= 15 is 0 Å². The van der Waals surface area contributed by atoms with Gasteiger partial charge in [-0.2, -0.15) is 0 Å². The molecule has 2 amide bonds. The summed E-state index contributed by atoms with van der Waals surface area (Å²) < 4.78 is 44.7. The van der Waals surface area contributed by atoms with Gasteiger partial charge in [0.2, 0.25) is 11.8 Å². The average molecular weight is 634 g/mol. The Balaban J connectivity index is 2.66. The lowest BCUT2D eigenvalue weighted by molar-refractivity contribution is -0.317. The molecular formula is C26H39N3O15. The minimum absolute atomic E-state index is 0.462. The monoisotopic (exact) mass is 633 g/mol. The Morgan fingerprint density at radius 3 is 1.41 bits per heavy atom. The van der Waals surface area contributed by atoms with E-state index in [4.69, 9.17) is 43.6 Å². The average Bonchev–Trinajstić information content (AvgIpc) is 2.87. The van der Waals surface area contributed by atoms with Gasteiger partial charge in [-0.15, -0.1) is 0 Å². The van der Waals surface area contributed by atoms with Crippen LogP contribution in [0.15, 0.2) is 0 Å². The maximum Gasteiger partial charge on any atom is 0.303 e. The molecule has 0 aliphatic carbocycles. The lowest BCUT2D eigenvalue weighted by atomic mass is 9.93. The normalized spacial score (nSPS) is 31.5. The van der Waals surface area contributed by atoms with E-state index in [0.29, 0.717) is 0 Å². The fraction of sp³-hybridized carbons (Fsp3) is 0.731. The summed E-state index contributed by atoms with van der Waals surface area (Å²) in [6, 6.07) is -2.58. The Kier molecular flexibility index (Phi) is 13.4. The number of carbonyl (C=O) groups is 7. The van der Waals surface area contributed by atoms with Crippen molar-refractivity contribution >= 4 is 41.7 Å². The summed E-state index contributed by atoms with van der Waals surface area (Å²) in [4.78, 5) is 84.0. The van der Waals surface area contributed by atoms with Crippen LogP contribution in [0.2, 0.25) is 0 Å². The predicted octanol–water partition coefficient (Wildman–Crippen LogP) is -2.29. The molecule has 18 nitrogen and oxygen atoms in total. The van der Waals surface area contributed by atoms with Gasteiger partial charge in [-0.3, -0.25) is 33.6 Å². The van der Waals surface area contributed by atoms with E-state index in [1.807, 2.05) is 0 Å². The molecule has 2 rings (SSSR count). The second-order valence-electron chi connectivity index (χ2n) is 10.1. The number of ether oxygens (including phenoxy) is 8. The Morgan fingerprint density at radius 1 is 0.568 bits per heavy atom. The van der Waals surface area contributed by atoms with E-state index in [2.05, 4.69) is 10.6 Å². The molecule has 2 aliphatic rings. The molecule has 2 aliphatic heterocycles. The maximum absolute atomic E-state index is 12.3. The number of nitrogens with two attached hydrogens (primary N) is 1. The molecule has 0 saturated carbocycles. The quantitative estimate of drug-likeness (QED) is 0.160. The number of hydrogen-bond acceptors (Lipinski definition) is 16. The third-order valence-electron chi connectivity index (χ3n) is 6.22. The molecule has 4 N–H and O–H groups in total. The van der Waals surface area contributed by atoms with E-state index in [1.165, 1.54) is 6.92 Å². The zero-order valence-corrected chi connectivity index (χ0v) is 25.4. The fourth-order valence-electron chi connectivity index (χ4n) is 4.76. The van der Waals surface area contributed by atoms with Crippen molar-refractivity contribution in [1.29, 1.82) is 0 Å². The second-order valence-corrected chi connectivity index (χ2v) is 10.1. The predicted molar refractivity (Wildman–Crippen MR) is 142 cm³/mol. The molecule has 0 radical (unpaired) electrons. The van der Waals surface area contributed by atoms with E-state index < -0.39 is 116 Å². The molecule has 248 valence electrons. The number of nitrogens with one attached hydrogen (secondary N) is 2. The summed E-state index contributed by atoms with van der Waals surface area (Å²) in [5.74, 6) is -5.07. The highest BCUT2D eigenvalue weighted by Gasteiger charge is 2.55. The van der Waals surface area contributed by atoms with Gasteiger partial charge >= 0.3 is 29.8 Å². The Morgan fingerprint density at radius 2 is 0.977 bits per heavy atom. The third kappa shape index (κ3) is 10.7. The highest BCUT2D eigenvalue weighted by Crippen LogP contribution is 2.32. The zero-order chi connectivity index (χ0) is 33.3. The molecule has 18 heteroatoms. The first-order valence-corrected chi connectivity index (χ1v) is 13.5. The summed E-state index contributed by atoms with van der Waals surface area (Å²) in [5.41, 5.74) is 6.14. The van der Waals surface area contributed by atoms with Gasteiger partial charge in [-0.1, -0.05) is 0 Å². The van der Waals surface area contributed by atoms with Crippen LogP contribution >= 0.6 is 0 Å². The third-order valence-corrected chi connectivity index (χ3v) is 6.22. The fourth-order valence-corrected chi connectivity index (χ4v) is 4.76. The maximum atomic E-state index is 12.3. The van der Waals surface area contributed by atoms with Gasteiger partial charge in [-0.05, 0) is 0 Å². The van der Waals surface area contributed by atoms with Crippen molar-refractivity contribution in [2.24, 2.45) is 5.73 Å². The first-order chi connectivity index (χ1) is 20.5. The van der Waals surface area contributed by atoms with Crippen molar-refractivity contribution in [2.75, 3.05) is 13.2 Å². The number of amides is 2. The molecule has 6 unspecified atom stereocenters. The van der Waals surface area contributed by atoms with Crippen LogP contribution in [0, 0.1) is 0 Å². The lowest BCUT2D eigenvalue weighted by Gasteiger charge is -2.49. The van der Waals surface area contributed by atoms with Crippen molar-refractivity contribution in [2.45, 2.75) is 110 Å². The van der Waals surface area contributed by atoms with Gasteiger partial charge in [0.15, 0.2) is 24.6 Å². The summed E-state index contributed by atoms with van der Waals surface area (Å²) >= 11 is 0. The molecule has 0 aromatic heterocycles. The van der Waals surface area contributed by atoms with Crippen LogP contribution in [0.5, 0.6) is 0 Å². The van der Waals surface area contributed by atoms with Crippen LogP contribution in [-0.4, -0.2) is 116 Å². The lowest BCUT2D eigenvalue weighted by Crippen LogP contribution is -2.71. The molecule has 2 fully saturated rings. The van der Waals surface area contributed by atoms with Crippen molar-refractivity contribution in [1.82, 2.24) is 10.6 Å². The number of rotatable bonds is 11. The van der Waals surface area contributed by atoms with Crippen LogP contribution in [0.4, 0.5) is 0 Å². The molecule has 0 aromatic rings. The van der Waals surface area contributed by atoms with Crippen LogP contribution < -0.4 is 16.4 Å². The van der Waals surface area contributed by atoms with Crippen LogP contribution in [-0.2, 0) is 71.5 Å². The van der Waals surface area contributed by atoms with Gasteiger partial charge in [0.25, 0.3) is 0 Å². The summed E-state index contributed by atoms with van der Waals surface area (Å²) in [7, 11) is 0. The zero-order valence-electron chi connectivity index (χ0n) is 25.4. The topological polar surface area (TPSA) is 243 Å². The largest absolute Gasteiger partial charge is 0.463 e. The highest BCUT2D eigenvalue weighted by molar-refractivity contribution is 5.74. The van der Waals surface area contributed by atoms with Gasteiger partial charge in [0.1, 0.15) is 49.8 Å². The molecular weight excluding hydrogens is 594 g/mol. The van der Waals surface area contributed by atoms with Crippen molar-refractivity contribution in [3.8, 4) is 0 Å². The molecule has 2 heterocycles. The summed E-state index contributed by atoms with van der Waals surface area (Å²) in [6.45, 7) is 6.87. The van der Waals surface area contributed by atoms with E-state index in [9.17, 15) is 33.6 Å². The van der Waals surface area contributed by atoms with E-state index in [-0.39, 0.29) is 0 Å².